The van der Waals surface area contributed by atoms with Gasteiger partial charge in [-0.05, 0) is 73.1 Å². The zero-order valence-electron chi connectivity index (χ0n) is 19.1. The minimum Gasteiger partial charge on any atom is -0.351 e. The molecule has 7 nitrogen and oxygen atoms in total. The molecule has 0 unspecified atom stereocenters. The van der Waals surface area contributed by atoms with Gasteiger partial charge in [-0.25, -0.2) is 8.42 Å². The van der Waals surface area contributed by atoms with Crippen molar-refractivity contribution in [1.82, 2.24) is 14.9 Å². The van der Waals surface area contributed by atoms with E-state index in [0.29, 0.717) is 16.8 Å². The summed E-state index contributed by atoms with van der Waals surface area (Å²) in [5.74, 6) is 0. The van der Waals surface area contributed by atoms with Crippen LogP contribution in [0.25, 0.3) is 0 Å². The van der Waals surface area contributed by atoms with Crippen LogP contribution in [0.5, 0.6) is 0 Å². The fraction of sp³-hybridized carbons (Fsp3) is 0.360. The topological polar surface area (TPSA) is 79.3 Å². The molecule has 2 atom stereocenters. The molecule has 2 fully saturated rings. The lowest BCUT2D eigenvalue weighted by molar-refractivity contribution is 0.353. The Morgan fingerprint density at radius 2 is 1.82 bits per heavy atom. The number of rotatable bonds is 6. The summed E-state index contributed by atoms with van der Waals surface area (Å²) >= 11 is 5.80. The molecule has 2 aromatic heterocycles. The molecular weight excluding hydrogens is 466 g/mol. The van der Waals surface area contributed by atoms with Gasteiger partial charge < -0.3 is 14.8 Å². The van der Waals surface area contributed by atoms with Crippen LogP contribution in [0.3, 0.4) is 0 Å². The van der Waals surface area contributed by atoms with E-state index in [1.165, 1.54) is 37.7 Å². The summed E-state index contributed by atoms with van der Waals surface area (Å²) in [7, 11) is -3.34. The van der Waals surface area contributed by atoms with E-state index >= 15 is 0 Å². The number of hydrogen-bond acceptors (Lipinski definition) is 4. The van der Waals surface area contributed by atoms with Crippen LogP contribution in [-0.4, -0.2) is 29.3 Å². The third-order valence-corrected chi connectivity index (χ3v) is 7.54. The summed E-state index contributed by atoms with van der Waals surface area (Å²) in [6.07, 6.45) is 13.7. The van der Waals surface area contributed by atoms with Gasteiger partial charge in [0.15, 0.2) is 5.11 Å². The largest absolute Gasteiger partial charge is 0.351 e. The van der Waals surface area contributed by atoms with Crippen molar-refractivity contribution in [1.29, 1.82) is 0 Å². The smallest absolute Gasteiger partial charge is 0.229 e. The molecule has 1 aliphatic carbocycles. The summed E-state index contributed by atoms with van der Waals surface area (Å²) in [6, 6.07) is 15.8. The van der Waals surface area contributed by atoms with Crippen molar-refractivity contribution in [3.8, 4) is 0 Å². The number of sulfonamides is 1. The number of anilines is 2. The molecule has 3 heterocycles. The number of nitrogens with one attached hydrogen (secondary N) is 2. The Labute approximate surface area is 206 Å². The highest BCUT2D eigenvalue weighted by molar-refractivity contribution is 7.92. The van der Waals surface area contributed by atoms with Crippen LogP contribution < -0.4 is 14.9 Å². The van der Waals surface area contributed by atoms with Gasteiger partial charge in [0.1, 0.15) is 0 Å². The van der Waals surface area contributed by atoms with E-state index < -0.39 is 10.0 Å². The van der Waals surface area contributed by atoms with Crippen molar-refractivity contribution in [2.24, 2.45) is 0 Å². The van der Waals surface area contributed by atoms with Crippen molar-refractivity contribution in [2.75, 3.05) is 15.9 Å². The second kappa shape index (κ2) is 9.38. The third kappa shape index (κ3) is 4.81. The van der Waals surface area contributed by atoms with E-state index in [0.717, 1.165) is 17.6 Å². The monoisotopic (exact) mass is 495 g/mol. The van der Waals surface area contributed by atoms with E-state index in [4.69, 9.17) is 12.2 Å². The normalized spacial score (nSPS) is 21.4. The Balaban J connectivity index is 1.51. The summed E-state index contributed by atoms with van der Waals surface area (Å²) in [6.45, 7) is 0. The number of hydrogen-bond donors (Lipinski definition) is 2. The fourth-order valence-electron chi connectivity index (χ4n) is 5.09. The summed E-state index contributed by atoms with van der Waals surface area (Å²) in [5.41, 5.74) is 3.51. The highest BCUT2D eigenvalue weighted by atomic mass is 32.2. The SMILES string of the molecule is CS(=O)(=O)Nc1ccc(N2C(=S)N[C@@H](c3ccccn3)[C@@H]2c2ccn(C3CCCCC3)c2)cc1. The van der Waals surface area contributed by atoms with E-state index in [9.17, 15) is 8.42 Å². The number of pyridine rings is 1. The maximum atomic E-state index is 11.6. The molecule has 1 saturated carbocycles. The Kier molecular flexibility index (Phi) is 6.31. The lowest BCUT2D eigenvalue weighted by Crippen LogP contribution is -2.29. The van der Waals surface area contributed by atoms with Crippen molar-refractivity contribution in [3.05, 3.63) is 78.4 Å². The van der Waals surface area contributed by atoms with Gasteiger partial charge in [0, 0.05) is 36.0 Å². The molecule has 1 saturated heterocycles. The van der Waals surface area contributed by atoms with Gasteiger partial charge in [0.25, 0.3) is 0 Å². The fourth-order valence-corrected chi connectivity index (χ4v) is 6.00. The van der Waals surface area contributed by atoms with Gasteiger partial charge >= 0.3 is 0 Å². The molecule has 1 aliphatic heterocycles. The first-order valence-electron chi connectivity index (χ1n) is 11.6. The first-order chi connectivity index (χ1) is 16.4. The molecule has 9 heteroatoms. The number of benzene rings is 1. The first-order valence-corrected chi connectivity index (χ1v) is 13.9. The molecule has 0 bridgehead atoms. The molecule has 5 rings (SSSR count). The van der Waals surface area contributed by atoms with Gasteiger partial charge in [-0.15, -0.1) is 0 Å². The molecule has 2 aliphatic rings. The van der Waals surface area contributed by atoms with Crippen LogP contribution in [0.15, 0.2) is 67.1 Å². The Morgan fingerprint density at radius 1 is 1.06 bits per heavy atom. The maximum Gasteiger partial charge on any atom is 0.229 e. The highest BCUT2D eigenvalue weighted by Crippen LogP contribution is 2.42. The van der Waals surface area contributed by atoms with Crippen molar-refractivity contribution in [2.45, 2.75) is 50.2 Å². The standard InChI is InChI=1S/C25H29N5O2S2/c1-34(31,32)28-19-10-12-21(13-11-19)30-24(23(27-25(30)33)22-9-5-6-15-26-22)18-14-16-29(17-18)20-7-3-2-4-8-20/h5-6,9-17,20,23-24,28H,2-4,7-8H2,1H3,(H,27,33)/t23-,24-/m0/s1. The van der Waals surface area contributed by atoms with Crippen molar-refractivity contribution >= 4 is 38.7 Å². The summed E-state index contributed by atoms with van der Waals surface area (Å²) in [4.78, 5) is 6.73. The minimum atomic E-state index is -3.34. The molecule has 0 radical (unpaired) electrons. The van der Waals surface area contributed by atoms with Gasteiger partial charge in [0.2, 0.25) is 10.0 Å². The molecular formula is C25H29N5O2S2. The van der Waals surface area contributed by atoms with Crippen molar-refractivity contribution < 1.29 is 8.42 Å². The number of aromatic nitrogens is 2. The Hall–Kier alpha value is -2.91. The lowest BCUT2D eigenvalue weighted by Gasteiger charge is -2.28. The molecule has 34 heavy (non-hydrogen) atoms. The Bertz CT molecular complexity index is 1250. The summed E-state index contributed by atoms with van der Waals surface area (Å²) in [5, 5.41) is 4.10. The number of thiocarbonyl (C=S) groups is 1. The number of nitrogens with zero attached hydrogens (tertiary/aromatic N) is 3. The molecule has 0 spiro atoms. The lowest BCUT2D eigenvalue weighted by atomic mass is 9.95. The zero-order valence-corrected chi connectivity index (χ0v) is 20.7. The minimum absolute atomic E-state index is 0.0824. The van der Waals surface area contributed by atoms with Gasteiger partial charge in [-0.2, -0.15) is 0 Å². The van der Waals surface area contributed by atoms with E-state index in [-0.39, 0.29) is 12.1 Å². The van der Waals surface area contributed by atoms with E-state index in [2.05, 4.69) is 42.9 Å². The Morgan fingerprint density at radius 3 is 2.50 bits per heavy atom. The quantitative estimate of drug-likeness (QED) is 0.472. The molecule has 3 aromatic rings. The summed E-state index contributed by atoms with van der Waals surface area (Å²) < 4.78 is 28.1. The van der Waals surface area contributed by atoms with Crippen molar-refractivity contribution in [3.63, 3.8) is 0 Å². The molecule has 0 amide bonds. The second-order valence-electron chi connectivity index (χ2n) is 9.10. The zero-order chi connectivity index (χ0) is 23.7. The van der Waals surface area contributed by atoms with Gasteiger partial charge in [-0.3, -0.25) is 9.71 Å². The van der Waals surface area contributed by atoms with Crippen LogP contribution in [-0.2, 0) is 10.0 Å². The van der Waals surface area contributed by atoms with Gasteiger partial charge in [-0.1, -0.05) is 25.3 Å². The van der Waals surface area contributed by atoms with Crippen LogP contribution in [0, 0.1) is 0 Å². The van der Waals surface area contributed by atoms with Crippen LogP contribution in [0.4, 0.5) is 11.4 Å². The second-order valence-corrected chi connectivity index (χ2v) is 11.2. The predicted molar refractivity (Wildman–Crippen MR) is 139 cm³/mol. The average molecular weight is 496 g/mol. The van der Waals surface area contributed by atoms with Gasteiger partial charge in [0.05, 0.1) is 24.0 Å². The highest BCUT2D eigenvalue weighted by Gasteiger charge is 2.41. The first kappa shape index (κ1) is 22.9. The van der Waals surface area contributed by atoms with E-state index in [1.807, 2.05) is 30.3 Å². The maximum absolute atomic E-state index is 11.6. The molecule has 178 valence electrons. The average Bonchev–Trinajstić information content (AvgIpc) is 3.44. The van der Waals surface area contributed by atoms with E-state index in [1.54, 1.807) is 18.3 Å². The van der Waals surface area contributed by atoms with Crippen LogP contribution >= 0.6 is 12.2 Å². The predicted octanol–water partition coefficient (Wildman–Crippen LogP) is 4.94. The van der Waals surface area contributed by atoms with Crippen LogP contribution in [0.1, 0.15) is 61.5 Å². The van der Waals surface area contributed by atoms with Crippen LogP contribution in [0.2, 0.25) is 0 Å². The molecule has 1 aromatic carbocycles. The third-order valence-electron chi connectivity index (χ3n) is 6.62. The molecule has 2 N–H and O–H groups in total.